The number of aliphatic hydroxyl groups excluding tert-OH is 1. The van der Waals surface area contributed by atoms with Crippen LogP contribution in [-0.2, 0) is 6.42 Å². The number of allylic oxidation sites excluding steroid dienone is 1. The van der Waals surface area contributed by atoms with Gasteiger partial charge in [-0.3, -0.25) is 4.79 Å². The maximum absolute atomic E-state index is 13.0. The number of fused-ring (bicyclic) bond motifs is 1. The van der Waals surface area contributed by atoms with Crippen molar-refractivity contribution >= 4 is 11.9 Å². The second kappa shape index (κ2) is 8.64. The number of ether oxygens (including phenoxy) is 2. The fraction of sp³-hybridized carbons (Fsp3) is 0.160. The first kappa shape index (κ1) is 21.3. The molecule has 0 bridgehead atoms. The molecule has 0 amide bonds. The topological polar surface area (TPSA) is 116 Å². The minimum atomic E-state index is -1.05. The van der Waals surface area contributed by atoms with E-state index in [4.69, 9.17) is 9.47 Å². The highest BCUT2D eigenvalue weighted by atomic mass is 16.5. The fourth-order valence-electron chi connectivity index (χ4n) is 3.82. The predicted molar refractivity (Wildman–Crippen MR) is 117 cm³/mol. The summed E-state index contributed by atoms with van der Waals surface area (Å²) >= 11 is 0. The first-order chi connectivity index (χ1) is 15.4. The van der Waals surface area contributed by atoms with E-state index in [2.05, 4.69) is 0 Å². The Morgan fingerprint density at radius 3 is 2.41 bits per heavy atom. The van der Waals surface area contributed by atoms with Crippen LogP contribution in [0.1, 0.15) is 33.2 Å². The quantitative estimate of drug-likeness (QED) is 0.357. The van der Waals surface area contributed by atoms with E-state index < -0.39 is 18.0 Å². The van der Waals surface area contributed by atoms with Gasteiger partial charge in [0.15, 0.2) is 11.9 Å². The van der Waals surface area contributed by atoms with Crippen LogP contribution in [-0.4, -0.2) is 39.4 Å². The van der Waals surface area contributed by atoms with Gasteiger partial charge >= 0.3 is 0 Å². The third-order valence-electron chi connectivity index (χ3n) is 5.28. The number of ketones is 1. The van der Waals surface area contributed by atoms with Crippen molar-refractivity contribution in [2.45, 2.75) is 18.6 Å². The Labute approximate surface area is 184 Å². The molecule has 3 aromatic rings. The molecule has 1 aliphatic heterocycles. The molecule has 32 heavy (non-hydrogen) atoms. The number of aliphatic hydroxyl groups is 1. The van der Waals surface area contributed by atoms with Crippen molar-refractivity contribution in [2.75, 3.05) is 7.11 Å². The number of benzene rings is 3. The van der Waals surface area contributed by atoms with Crippen LogP contribution < -0.4 is 9.47 Å². The first-order valence-electron chi connectivity index (χ1n) is 9.95. The van der Waals surface area contributed by atoms with Gasteiger partial charge < -0.3 is 29.9 Å². The van der Waals surface area contributed by atoms with Gasteiger partial charge in [0.2, 0.25) is 0 Å². The second-order valence-corrected chi connectivity index (χ2v) is 7.48. The monoisotopic (exact) mass is 434 g/mol. The van der Waals surface area contributed by atoms with Crippen LogP contribution in [0.15, 0.2) is 60.7 Å². The van der Waals surface area contributed by atoms with Crippen molar-refractivity contribution in [3.05, 3.63) is 82.9 Å². The van der Waals surface area contributed by atoms with E-state index in [1.54, 1.807) is 6.08 Å². The molecule has 7 heteroatoms. The summed E-state index contributed by atoms with van der Waals surface area (Å²) in [4.78, 5) is 13.0. The highest BCUT2D eigenvalue weighted by Crippen LogP contribution is 2.46. The number of hydrogen-bond donors (Lipinski definition) is 4. The smallest absolute Gasteiger partial charge is 0.193 e. The molecule has 3 aromatic carbocycles. The van der Waals surface area contributed by atoms with Crippen molar-refractivity contribution in [3.63, 3.8) is 0 Å². The van der Waals surface area contributed by atoms with Crippen LogP contribution in [0.4, 0.5) is 0 Å². The lowest BCUT2D eigenvalue weighted by molar-refractivity contribution is 0.0189. The van der Waals surface area contributed by atoms with Crippen molar-refractivity contribution in [1.82, 2.24) is 0 Å². The average molecular weight is 434 g/mol. The van der Waals surface area contributed by atoms with E-state index in [1.165, 1.54) is 31.4 Å². The molecule has 0 fully saturated rings. The normalized spacial score (nSPS) is 17.6. The van der Waals surface area contributed by atoms with Gasteiger partial charge in [0.25, 0.3) is 0 Å². The summed E-state index contributed by atoms with van der Waals surface area (Å²) in [5.41, 5.74) is 1.51. The largest absolute Gasteiger partial charge is 0.508 e. The molecule has 4 rings (SSSR count). The zero-order valence-electron chi connectivity index (χ0n) is 17.2. The van der Waals surface area contributed by atoms with E-state index in [-0.39, 0.29) is 40.7 Å². The van der Waals surface area contributed by atoms with Gasteiger partial charge in [0.05, 0.1) is 13.2 Å². The molecule has 164 valence electrons. The van der Waals surface area contributed by atoms with E-state index in [9.17, 15) is 25.2 Å². The molecule has 2 atom stereocenters. The molecule has 0 unspecified atom stereocenters. The van der Waals surface area contributed by atoms with E-state index >= 15 is 0 Å². The van der Waals surface area contributed by atoms with Crippen molar-refractivity contribution in [1.29, 1.82) is 0 Å². The maximum Gasteiger partial charge on any atom is 0.193 e. The second-order valence-electron chi connectivity index (χ2n) is 7.48. The van der Waals surface area contributed by atoms with Gasteiger partial charge in [-0.15, -0.1) is 0 Å². The molecular weight excluding hydrogens is 412 g/mol. The molecule has 7 nitrogen and oxygen atoms in total. The van der Waals surface area contributed by atoms with Crippen molar-refractivity contribution in [3.8, 4) is 28.7 Å². The maximum atomic E-state index is 13.0. The Morgan fingerprint density at radius 1 is 1.06 bits per heavy atom. The van der Waals surface area contributed by atoms with Gasteiger partial charge in [-0.1, -0.05) is 36.4 Å². The number of aromatic hydroxyl groups is 3. The lowest BCUT2D eigenvalue weighted by Gasteiger charge is -2.33. The SMILES string of the molecule is COc1cc(O)c(C(=O)C=Cc2ccccc2)c2c1C[C@@H](O)[C@H](c1cc(O)cc(O)c1)O2. The molecule has 0 saturated heterocycles. The van der Waals surface area contributed by atoms with Gasteiger partial charge in [-0.2, -0.15) is 0 Å². The van der Waals surface area contributed by atoms with E-state index in [0.29, 0.717) is 11.1 Å². The third kappa shape index (κ3) is 4.10. The van der Waals surface area contributed by atoms with Crippen LogP contribution >= 0.6 is 0 Å². The zero-order chi connectivity index (χ0) is 22.8. The van der Waals surface area contributed by atoms with Gasteiger partial charge in [-0.25, -0.2) is 0 Å². The summed E-state index contributed by atoms with van der Waals surface area (Å²) in [6, 6.07) is 14.4. The Balaban J connectivity index is 1.78. The Kier molecular flexibility index (Phi) is 5.75. The minimum absolute atomic E-state index is 0.0609. The van der Waals surface area contributed by atoms with Gasteiger partial charge in [-0.05, 0) is 23.8 Å². The summed E-state index contributed by atoms with van der Waals surface area (Å²) < 4.78 is 11.3. The number of rotatable bonds is 5. The molecule has 0 spiro atoms. The third-order valence-corrected chi connectivity index (χ3v) is 5.28. The number of phenolic OH excluding ortho intramolecular Hbond substituents is 3. The number of methoxy groups -OCH3 is 1. The molecule has 0 aromatic heterocycles. The molecule has 1 aliphatic rings. The summed E-state index contributed by atoms with van der Waals surface area (Å²) in [6.07, 6.45) is 0.992. The van der Waals surface area contributed by atoms with Crippen molar-refractivity contribution in [2.24, 2.45) is 0 Å². The van der Waals surface area contributed by atoms with Crippen molar-refractivity contribution < 1.29 is 34.7 Å². The first-order valence-corrected chi connectivity index (χ1v) is 9.95. The minimum Gasteiger partial charge on any atom is -0.508 e. The molecule has 1 heterocycles. The summed E-state index contributed by atoms with van der Waals surface area (Å²) in [7, 11) is 1.41. The number of phenols is 3. The Morgan fingerprint density at radius 2 is 1.75 bits per heavy atom. The van der Waals surface area contributed by atoms with Crippen LogP contribution in [0.3, 0.4) is 0 Å². The predicted octanol–water partition coefficient (Wildman–Crippen LogP) is 3.75. The average Bonchev–Trinajstić information content (AvgIpc) is 2.77. The van der Waals surface area contributed by atoms with Crippen LogP contribution in [0.2, 0.25) is 0 Å². The van der Waals surface area contributed by atoms with Crippen LogP contribution in [0, 0.1) is 0 Å². The van der Waals surface area contributed by atoms with E-state index in [0.717, 1.165) is 11.6 Å². The van der Waals surface area contributed by atoms with Gasteiger partial charge in [0.1, 0.15) is 34.3 Å². The molecule has 0 aliphatic carbocycles. The highest BCUT2D eigenvalue weighted by molar-refractivity contribution is 6.11. The number of carbonyl (C=O) groups is 1. The standard InChI is InChI=1S/C25H22O7/c1-31-22-13-20(29)23(19(28)8-7-14-5-3-2-4-6-14)25-18(22)12-21(30)24(32-25)15-9-16(26)11-17(27)10-15/h2-11,13,21,24,26-27,29-30H,12H2,1H3/t21-,24+/m1/s1. The number of carbonyl (C=O) groups excluding carboxylic acids is 1. The fourth-order valence-corrected chi connectivity index (χ4v) is 3.82. The Bertz CT molecular complexity index is 1160. The van der Waals surface area contributed by atoms with Crippen LogP contribution in [0.25, 0.3) is 6.08 Å². The van der Waals surface area contributed by atoms with Gasteiger partial charge in [0, 0.05) is 29.7 Å². The van der Waals surface area contributed by atoms with Crippen LogP contribution in [0.5, 0.6) is 28.7 Å². The summed E-state index contributed by atoms with van der Waals surface area (Å²) in [5.74, 6) is -0.842. The molecule has 0 radical (unpaired) electrons. The summed E-state index contributed by atoms with van der Waals surface area (Å²) in [6.45, 7) is 0. The lowest BCUT2D eigenvalue weighted by Crippen LogP contribution is -2.31. The molecular formula is C25H22O7. The zero-order valence-corrected chi connectivity index (χ0v) is 17.2. The molecule has 0 saturated carbocycles. The van der Waals surface area contributed by atoms with E-state index in [1.807, 2.05) is 30.3 Å². The summed E-state index contributed by atoms with van der Waals surface area (Å²) in [5, 5.41) is 41.0. The Hall–Kier alpha value is -3.97. The molecule has 4 N–H and O–H groups in total. The number of hydrogen-bond acceptors (Lipinski definition) is 7. The lowest BCUT2D eigenvalue weighted by atomic mass is 9.91. The highest BCUT2D eigenvalue weighted by Gasteiger charge is 2.36.